The minimum atomic E-state index is 0.0249. The SMILES string of the molecule is O=c1c(NC2CCCCC2)c(Br)cnn1CC1CCC1. The Labute approximate surface area is 128 Å². The van der Waals surface area contributed by atoms with Crippen molar-refractivity contribution in [1.29, 1.82) is 0 Å². The summed E-state index contributed by atoms with van der Waals surface area (Å²) in [5, 5.41) is 7.72. The molecule has 0 spiro atoms. The van der Waals surface area contributed by atoms with Crippen molar-refractivity contribution in [2.24, 2.45) is 5.92 Å². The molecule has 0 aromatic carbocycles. The Morgan fingerprint density at radius 1 is 1.20 bits per heavy atom. The third-order valence-corrected chi connectivity index (χ3v) is 5.21. The van der Waals surface area contributed by atoms with Crippen molar-refractivity contribution in [3.63, 3.8) is 0 Å². The van der Waals surface area contributed by atoms with E-state index < -0.39 is 0 Å². The highest BCUT2D eigenvalue weighted by Crippen LogP contribution is 2.28. The average molecular weight is 340 g/mol. The lowest BCUT2D eigenvalue weighted by atomic mass is 9.85. The summed E-state index contributed by atoms with van der Waals surface area (Å²) in [7, 11) is 0. The first-order valence-corrected chi connectivity index (χ1v) is 8.55. The van der Waals surface area contributed by atoms with E-state index in [0.717, 1.165) is 23.9 Å². The van der Waals surface area contributed by atoms with Crippen LogP contribution in [0.3, 0.4) is 0 Å². The zero-order valence-corrected chi connectivity index (χ0v) is 13.4. The van der Waals surface area contributed by atoms with Crippen LogP contribution >= 0.6 is 15.9 Å². The molecule has 2 fully saturated rings. The number of halogens is 1. The molecule has 2 saturated carbocycles. The molecular formula is C15H22BrN3O. The Balaban J connectivity index is 1.77. The standard InChI is InChI=1S/C15H22BrN3O/c16-13-9-17-19(10-11-5-4-6-11)15(20)14(13)18-12-7-2-1-3-8-12/h9,11-12,18H,1-8,10H2. The van der Waals surface area contributed by atoms with Gasteiger partial charge in [0.15, 0.2) is 0 Å². The largest absolute Gasteiger partial charge is 0.377 e. The van der Waals surface area contributed by atoms with Crippen LogP contribution in [0.1, 0.15) is 51.4 Å². The number of rotatable bonds is 4. The van der Waals surface area contributed by atoms with Crippen LogP contribution in [-0.4, -0.2) is 15.8 Å². The average Bonchev–Trinajstić information content (AvgIpc) is 2.42. The first-order chi connectivity index (χ1) is 9.74. The number of nitrogens with one attached hydrogen (secondary N) is 1. The monoisotopic (exact) mass is 339 g/mol. The summed E-state index contributed by atoms with van der Waals surface area (Å²) in [6, 6.07) is 0.437. The van der Waals surface area contributed by atoms with Crippen molar-refractivity contribution in [3.05, 3.63) is 21.0 Å². The van der Waals surface area contributed by atoms with Gasteiger partial charge in [-0.3, -0.25) is 4.79 Å². The van der Waals surface area contributed by atoms with Gasteiger partial charge in [-0.25, -0.2) is 4.68 Å². The highest BCUT2D eigenvalue weighted by molar-refractivity contribution is 9.10. The number of hydrogen-bond acceptors (Lipinski definition) is 3. The van der Waals surface area contributed by atoms with Gasteiger partial charge in [-0.15, -0.1) is 0 Å². The Kier molecular flexibility index (Phi) is 4.44. The van der Waals surface area contributed by atoms with E-state index in [4.69, 9.17) is 0 Å². The van der Waals surface area contributed by atoms with E-state index in [0.29, 0.717) is 17.6 Å². The van der Waals surface area contributed by atoms with Crippen LogP contribution in [-0.2, 0) is 6.54 Å². The predicted molar refractivity (Wildman–Crippen MR) is 84.0 cm³/mol. The van der Waals surface area contributed by atoms with E-state index in [2.05, 4.69) is 26.3 Å². The summed E-state index contributed by atoms with van der Waals surface area (Å²) in [6.45, 7) is 0.769. The Hall–Kier alpha value is -0.840. The van der Waals surface area contributed by atoms with Crippen LogP contribution < -0.4 is 10.9 Å². The fraction of sp³-hybridized carbons (Fsp3) is 0.733. The van der Waals surface area contributed by atoms with E-state index in [1.165, 1.54) is 38.5 Å². The van der Waals surface area contributed by atoms with Gasteiger partial charge >= 0.3 is 0 Å². The van der Waals surface area contributed by atoms with E-state index in [1.54, 1.807) is 10.9 Å². The molecule has 2 aliphatic carbocycles. The van der Waals surface area contributed by atoms with Gasteiger partial charge in [0.2, 0.25) is 0 Å². The molecule has 0 aliphatic heterocycles. The molecule has 2 aliphatic rings. The number of aromatic nitrogens is 2. The maximum absolute atomic E-state index is 12.5. The van der Waals surface area contributed by atoms with Crippen molar-refractivity contribution in [2.75, 3.05) is 5.32 Å². The molecule has 0 radical (unpaired) electrons. The zero-order chi connectivity index (χ0) is 13.9. The molecule has 1 aromatic rings. The second-order valence-corrected chi connectivity index (χ2v) is 6.99. The maximum atomic E-state index is 12.5. The van der Waals surface area contributed by atoms with Gasteiger partial charge in [-0.1, -0.05) is 25.7 Å². The summed E-state index contributed by atoms with van der Waals surface area (Å²) in [6.07, 6.45) is 11.7. The third kappa shape index (κ3) is 3.08. The van der Waals surface area contributed by atoms with Crippen LogP contribution in [0.15, 0.2) is 15.5 Å². The van der Waals surface area contributed by atoms with E-state index >= 15 is 0 Å². The lowest BCUT2D eigenvalue weighted by molar-refractivity contribution is 0.261. The molecule has 0 unspecified atom stereocenters. The molecule has 0 saturated heterocycles. The molecule has 3 rings (SSSR count). The first-order valence-electron chi connectivity index (χ1n) is 7.76. The van der Waals surface area contributed by atoms with Crippen molar-refractivity contribution in [3.8, 4) is 0 Å². The lowest BCUT2D eigenvalue weighted by Crippen LogP contribution is -2.33. The Morgan fingerprint density at radius 2 is 1.95 bits per heavy atom. The number of hydrogen-bond donors (Lipinski definition) is 1. The van der Waals surface area contributed by atoms with Gasteiger partial charge in [0, 0.05) is 12.6 Å². The van der Waals surface area contributed by atoms with Gasteiger partial charge in [0.25, 0.3) is 5.56 Å². The molecule has 5 heteroatoms. The zero-order valence-electron chi connectivity index (χ0n) is 11.8. The topological polar surface area (TPSA) is 46.9 Å². The van der Waals surface area contributed by atoms with E-state index in [9.17, 15) is 4.79 Å². The summed E-state index contributed by atoms with van der Waals surface area (Å²) in [5.41, 5.74) is 0.725. The third-order valence-electron chi connectivity index (χ3n) is 4.61. The minimum absolute atomic E-state index is 0.0249. The van der Waals surface area contributed by atoms with Crippen molar-refractivity contribution < 1.29 is 0 Å². The van der Waals surface area contributed by atoms with Crippen LogP contribution in [0, 0.1) is 5.92 Å². The van der Waals surface area contributed by atoms with Crippen LogP contribution in [0.5, 0.6) is 0 Å². The molecule has 0 bridgehead atoms. The molecule has 1 aromatic heterocycles. The van der Waals surface area contributed by atoms with Crippen molar-refractivity contribution in [2.45, 2.75) is 64.0 Å². The fourth-order valence-corrected chi connectivity index (χ4v) is 3.48. The van der Waals surface area contributed by atoms with Gasteiger partial charge < -0.3 is 5.32 Å². The molecule has 110 valence electrons. The molecule has 4 nitrogen and oxygen atoms in total. The Morgan fingerprint density at radius 3 is 2.60 bits per heavy atom. The highest BCUT2D eigenvalue weighted by Gasteiger charge is 2.21. The molecule has 1 heterocycles. The van der Waals surface area contributed by atoms with Crippen LogP contribution in [0.25, 0.3) is 0 Å². The minimum Gasteiger partial charge on any atom is -0.377 e. The second kappa shape index (κ2) is 6.29. The Bertz CT molecular complexity index is 518. The summed E-state index contributed by atoms with van der Waals surface area (Å²) in [4.78, 5) is 12.5. The van der Waals surface area contributed by atoms with Crippen molar-refractivity contribution >= 4 is 21.6 Å². The normalized spacial score (nSPS) is 20.6. The van der Waals surface area contributed by atoms with Gasteiger partial charge in [0.05, 0.1) is 10.7 Å². The molecule has 1 N–H and O–H groups in total. The van der Waals surface area contributed by atoms with Crippen LogP contribution in [0.4, 0.5) is 5.69 Å². The van der Waals surface area contributed by atoms with E-state index in [1.807, 2.05) is 0 Å². The maximum Gasteiger partial charge on any atom is 0.291 e. The smallest absolute Gasteiger partial charge is 0.291 e. The summed E-state index contributed by atoms with van der Waals surface area (Å²) >= 11 is 3.47. The van der Waals surface area contributed by atoms with Gasteiger partial charge in [-0.05, 0) is 47.5 Å². The van der Waals surface area contributed by atoms with Crippen molar-refractivity contribution in [1.82, 2.24) is 9.78 Å². The fourth-order valence-electron chi connectivity index (χ4n) is 3.10. The molecule has 20 heavy (non-hydrogen) atoms. The second-order valence-electron chi connectivity index (χ2n) is 6.13. The first kappa shape index (κ1) is 14.1. The van der Waals surface area contributed by atoms with Crippen LogP contribution in [0.2, 0.25) is 0 Å². The summed E-state index contributed by atoms with van der Waals surface area (Å²) < 4.78 is 2.43. The van der Waals surface area contributed by atoms with Gasteiger partial charge in [-0.2, -0.15) is 5.10 Å². The quantitative estimate of drug-likeness (QED) is 0.912. The number of nitrogens with zero attached hydrogens (tertiary/aromatic N) is 2. The molecule has 0 amide bonds. The molecular weight excluding hydrogens is 318 g/mol. The molecule has 0 atom stereocenters. The summed E-state index contributed by atoms with van der Waals surface area (Å²) in [5.74, 6) is 0.643. The highest BCUT2D eigenvalue weighted by atomic mass is 79.9. The predicted octanol–water partition coefficient (Wildman–Crippen LogP) is 3.55. The number of anilines is 1. The van der Waals surface area contributed by atoms with Gasteiger partial charge in [0.1, 0.15) is 5.69 Å². The van der Waals surface area contributed by atoms with E-state index in [-0.39, 0.29) is 5.56 Å². The lowest BCUT2D eigenvalue weighted by Gasteiger charge is -2.26.